The molecule has 2 heterocycles. The summed E-state index contributed by atoms with van der Waals surface area (Å²) >= 11 is 1.62. The molecule has 3 nitrogen and oxygen atoms in total. The maximum Gasteiger partial charge on any atom is 0.347 e. The van der Waals surface area contributed by atoms with Crippen LogP contribution in [0.1, 0.15) is 44.6 Å². The van der Waals surface area contributed by atoms with Gasteiger partial charge < -0.3 is 4.74 Å². The molecule has 8 fully saturated rings. The maximum atomic E-state index is 13.0. The Kier molecular flexibility index (Phi) is 3.04. The van der Waals surface area contributed by atoms with Gasteiger partial charge in [0.1, 0.15) is 0 Å². The molecule has 1 aliphatic heterocycles. The summed E-state index contributed by atoms with van der Waals surface area (Å²) in [6.07, 6.45) is 6.66. The van der Waals surface area contributed by atoms with Gasteiger partial charge in [0.2, 0.25) is 0 Å². The second kappa shape index (κ2) is 5.27. The number of hydrogen-bond acceptors (Lipinski definition) is 4. The van der Waals surface area contributed by atoms with Gasteiger partial charge in [0.15, 0.2) is 0 Å². The van der Waals surface area contributed by atoms with E-state index in [-0.39, 0.29) is 5.97 Å². The zero-order chi connectivity index (χ0) is 18.7. The lowest BCUT2D eigenvalue weighted by Gasteiger charge is -2.70. The Labute approximate surface area is 168 Å². The van der Waals surface area contributed by atoms with Crippen molar-refractivity contribution in [2.45, 2.75) is 39.0 Å². The summed E-state index contributed by atoms with van der Waals surface area (Å²) in [5.74, 6) is 5.37. The van der Waals surface area contributed by atoms with Gasteiger partial charge in [-0.05, 0) is 120 Å². The highest BCUT2D eigenvalue weighted by molar-refractivity contribution is 7.08. The fourth-order valence-corrected chi connectivity index (χ4v) is 9.37. The first-order valence-corrected chi connectivity index (χ1v) is 11.8. The number of thiophene rings is 1. The fourth-order valence-electron chi connectivity index (χ4n) is 8.66. The fraction of sp³-hybridized carbons (Fsp3) is 0.583. The number of esters is 2. The molecule has 9 rings (SSSR count). The molecule has 8 aliphatic rings. The normalized spacial score (nSPS) is 49.3. The summed E-state index contributed by atoms with van der Waals surface area (Å²) in [5.41, 5.74) is 4.51. The van der Waals surface area contributed by atoms with Gasteiger partial charge in [-0.1, -0.05) is 0 Å². The maximum absolute atomic E-state index is 13.0. The number of hydrogen-bond donors (Lipinski definition) is 0. The molecule has 7 aliphatic carbocycles. The van der Waals surface area contributed by atoms with Gasteiger partial charge in [-0.2, -0.15) is 11.3 Å². The summed E-state index contributed by atoms with van der Waals surface area (Å²) < 4.78 is 5.22. The minimum absolute atomic E-state index is 0.375. The molecular formula is C24H24O3S. The second-order valence-electron chi connectivity index (χ2n) is 10.1. The van der Waals surface area contributed by atoms with E-state index in [1.807, 2.05) is 18.4 Å². The number of ether oxygens (including phenoxy) is 1. The van der Waals surface area contributed by atoms with Crippen molar-refractivity contribution < 1.29 is 14.3 Å². The number of rotatable bonds is 1. The van der Waals surface area contributed by atoms with Crippen LogP contribution in [-0.4, -0.2) is 11.9 Å². The highest BCUT2D eigenvalue weighted by Crippen LogP contribution is 2.73. The first-order chi connectivity index (χ1) is 13.6. The zero-order valence-electron chi connectivity index (χ0n) is 16.0. The molecule has 0 N–H and O–H groups in total. The van der Waals surface area contributed by atoms with Crippen LogP contribution in [0.5, 0.6) is 0 Å². The molecule has 0 aromatic carbocycles. The molecular weight excluding hydrogens is 368 g/mol. The van der Waals surface area contributed by atoms with E-state index < -0.39 is 5.97 Å². The summed E-state index contributed by atoms with van der Waals surface area (Å²) in [4.78, 5) is 25.7. The van der Waals surface area contributed by atoms with Gasteiger partial charge in [-0.15, -0.1) is 0 Å². The quantitative estimate of drug-likeness (QED) is 0.390. The van der Waals surface area contributed by atoms with E-state index in [9.17, 15) is 9.59 Å². The molecule has 4 heteroatoms. The number of carbonyl (C=O) groups excluding carboxylic acids is 2. The van der Waals surface area contributed by atoms with Gasteiger partial charge in [0.25, 0.3) is 0 Å². The predicted molar refractivity (Wildman–Crippen MR) is 106 cm³/mol. The van der Waals surface area contributed by atoms with Gasteiger partial charge in [-0.25, -0.2) is 9.59 Å². The highest BCUT2D eigenvalue weighted by atomic mass is 32.1. The lowest BCUT2D eigenvalue weighted by Crippen LogP contribution is -2.63. The first kappa shape index (κ1) is 16.2. The molecule has 1 aromatic rings. The summed E-state index contributed by atoms with van der Waals surface area (Å²) in [7, 11) is 0. The van der Waals surface area contributed by atoms with Crippen LogP contribution in [0, 0.1) is 47.3 Å². The van der Waals surface area contributed by atoms with Crippen molar-refractivity contribution in [3.8, 4) is 0 Å². The number of carbonyl (C=O) groups is 2. The van der Waals surface area contributed by atoms with Gasteiger partial charge >= 0.3 is 11.9 Å². The second-order valence-corrected chi connectivity index (χ2v) is 10.9. The third-order valence-corrected chi connectivity index (χ3v) is 10.00. The van der Waals surface area contributed by atoms with Crippen LogP contribution in [0.25, 0.3) is 5.57 Å². The zero-order valence-corrected chi connectivity index (χ0v) is 16.8. The molecule has 144 valence electrons. The Balaban J connectivity index is 1.45. The van der Waals surface area contributed by atoms with Crippen LogP contribution in [0.3, 0.4) is 0 Å². The van der Waals surface area contributed by atoms with E-state index in [1.165, 1.54) is 37.7 Å². The molecule has 0 amide bonds. The Morgan fingerprint density at radius 1 is 0.964 bits per heavy atom. The van der Waals surface area contributed by atoms with E-state index >= 15 is 0 Å². The molecule has 1 saturated heterocycles. The van der Waals surface area contributed by atoms with Crippen LogP contribution in [-0.2, 0) is 14.3 Å². The monoisotopic (exact) mass is 392 g/mol. The van der Waals surface area contributed by atoms with Crippen LogP contribution in [0.15, 0.2) is 33.5 Å². The molecule has 1 aromatic heterocycles. The Morgan fingerprint density at radius 3 is 2.32 bits per heavy atom. The lowest BCUT2D eigenvalue weighted by atomic mass is 9.34. The van der Waals surface area contributed by atoms with Crippen molar-refractivity contribution in [1.29, 1.82) is 0 Å². The third-order valence-electron chi connectivity index (χ3n) is 9.31. The summed E-state index contributed by atoms with van der Waals surface area (Å²) in [6.45, 7) is 1.98. The van der Waals surface area contributed by atoms with Gasteiger partial charge in [0, 0.05) is 0 Å². The largest absolute Gasteiger partial charge is 0.386 e. The minimum Gasteiger partial charge on any atom is -0.386 e. The van der Waals surface area contributed by atoms with Gasteiger partial charge in [0.05, 0.1) is 11.1 Å². The third kappa shape index (κ3) is 1.82. The van der Waals surface area contributed by atoms with E-state index in [1.54, 1.807) is 11.3 Å². The van der Waals surface area contributed by atoms with E-state index in [4.69, 9.17) is 4.74 Å². The standard InChI is InChI=1S/C24H24O3S/c1-10(12-2-3-28-9-12)19-22(24(26)27-23(19)25)20-13-7-15-14-4-11-5-17(15)21(20)18(6-11)16(14)8-13/h2-3,9,11,13-18,21H,4-8H2,1H3/b19-10+,22-20+. The van der Waals surface area contributed by atoms with Crippen molar-refractivity contribution in [3.63, 3.8) is 0 Å². The van der Waals surface area contributed by atoms with Gasteiger partial charge in [-0.3, -0.25) is 0 Å². The van der Waals surface area contributed by atoms with Crippen LogP contribution >= 0.6 is 11.3 Å². The smallest absolute Gasteiger partial charge is 0.347 e. The predicted octanol–water partition coefficient (Wildman–Crippen LogP) is 4.85. The van der Waals surface area contributed by atoms with Crippen LogP contribution in [0.2, 0.25) is 0 Å². The molecule has 4 atom stereocenters. The van der Waals surface area contributed by atoms with E-state index in [0.717, 1.165) is 46.6 Å². The average molecular weight is 393 g/mol. The summed E-state index contributed by atoms with van der Waals surface area (Å²) in [5, 5.41) is 4.08. The van der Waals surface area contributed by atoms with Crippen molar-refractivity contribution in [2.24, 2.45) is 47.3 Å². The Hall–Kier alpha value is -1.68. The van der Waals surface area contributed by atoms with E-state index in [0.29, 0.717) is 23.0 Å². The van der Waals surface area contributed by atoms with Crippen molar-refractivity contribution in [1.82, 2.24) is 0 Å². The topological polar surface area (TPSA) is 43.4 Å². The number of cyclic esters (lactones) is 2. The lowest BCUT2D eigenvalue weighted by molar-refractivity contribution is -0.177. The Bertz CT molecular complexity index is 959. The first-order valence-electron chi connectivity index (χ1n) is 10.9. The SMILES string of the molecule is C/C(=C1\C(=O)OC(=O)\C1=C1/C2CC3C4CC5CC3C1C(C5)C4C2)c1ccsc1. The highest BCUT2D eigenvalue weighted by Gasteiger charge is 2.66. The summed E-state index contributed by atoms with van der Waals surface area (Å²) in [6, 6.07) is 2.03. The molecule has 8 bridgehead atoms. The van der Waals surface area contributed by atoms with Crippen molar-refractivity contribution >= 4 is 28.8 Å². The molecule has 28 heavy (non-hydrogen) atoms. The molecule has 0 spiro atoms. The Morgan fingerprint density at radius 2 is 1.64 bits per heavy atom. The number of allylic oxidation sites excluding steroid dienone is 2. The minimum atomic E-state index is -0.432. The van der Waals surface area contributed by atoms with Crippen molar-refractivity contribution in [3.05, 3.63) is 39.1 Å². The average Bonchev–Trinajstić information content (AvgIpc) is 3.32. The molecule has 7 saturated carbocycles. The van der Waals surface area contributed by atoms with Crippen LogP contribution < -0.4 is 0 Å². The van der Waals surface area contributed by atoms with Crippen LogP contribution in [0.4, 0.5) is 0 Å². The molecule has 0 radical (unpaired) electrons. The van der Waals surface area contributed by atoms with E-state index in [2.05, 4.69) is 5.38 Å². The van der Waals surface area contributed by atoms with Crippen molar-refractivity contribution in [2.75, 3.05) is 0 Å². The molecule has 4 unspecified atom stereocenters.